The van der Waals surface area contributed by atoms with E-state index in [1.54, 1.807) is 11.2 Å². The number of aromatic amines is 1. The van der Waals surface area contributed by atoms with Crippen LogP contribution in [-0.2, 0) is 14.6 Å². The first-order valence-electron chi connectivity index (χ1n) is 12.1. The number of nitrogens with zero attached hydrogens (tertiary/aromatic N) is 4. The zero-order valence-electron chi connectivity index (χ0n) is 21.9. The molecule has 2 aromatic carbocycles. The predicted molar refractivity (Wildman–Crippen MR) is 147 cm³/mol. The smallest absolute Gasteiger partial charge is 0.254 e. The van der Waals surface area contributed by atoms with Gasteiger partial charge in [0.25, 0.3) is 5.69 Å². The molecule has 16 heteroatoms. The van der Waals surface area contributed by atoms with E-state index in [2.05, 4.69) is 25.5 Å². The number of H-pyrrole nitrogens is 1. The number of halogens is 1. The van der Waals surface area contributed by atoms with Crippen molar-refractivity contribution in [2.75, 3.05) is 43.6 Å². The maximum Gasteiger partial charge on any atom is 0.254 e. The van der Waals surface area contributed by atoms with Gasteiger partial charge in [-0.1, -0.05) is 6.07 Å². The van der Waals surface area contributed by atoms with Crippen molar-refractivity contribution in [3.8, 4) is 5.75 Å². The van der Waals surface area contributed by atoms with Crippen LogP contribution < -0.4 is 20.1 Å². The van der Waals surface area contributed by atoms with E-state index in [-0.39, 0.29) is 31.0 Å². The van der Waals surface area contributed by atoms with Gasteiger partial charge in [-0.3, -0.25) is 5.10 Å². The van der Waals surface area contributed by atoms with Crippen LogP contribution in [0.15, 0.2) is 68.4 Å². The summed E-state index contributed by atoms with van der Waals surface area (Å²) in [7, 11) is -2.56. The Balaban J connectivity index is 0.00000387. The quantitative estimate of drug-likeness (QED) is 0.238. The number of hydrogen-bond donors (Lipinski definition) is 3. The number of benzene rings is 2. The summed E-state index contributed by atoms with van der Waals surface area (Å²) in [6.07, 6.45) is 0. The fourth-order valence-corrected chi connectivity index (χ4v) is 6.10. The Kier molecular flexibility index (Phi) is 9.17. The molecule has 1 fully saturated rings. The first-order chi connectivity index (χ1) is 19.3. The highest BCUT2D eigenvalue weighted by molar-refractivity contribution is 7.99. The molecule has 0 unspecified atom stereocenters. The summed E-state index contributed by atoms with van der Waals surface area (Å²) in [6, 6.07) is 10.8. The van der Waals surface area contributed by atoms with E-state index in [0.29, 0.717) is 49.5 Å². The molecule has 0 aliphatic carbocycles. The highest BCUT2D eigenvalue weighted by Crippen LogP contribution is 2.39. The number of ether oxygens (including phenoxy) is 2. The molecule has 4 aromatic rings. The summed E-state index contributed by atoms with van der Waals surface area (Å²) in [5.74, 6) is 0.969. The van der Waals surface area contributed by atoms with Gasteiger partial charge in [0.2, 0.25) is 15.6 Å². The van der Waals surface area contributed by atoms with Crippen molar-refractivity contribution < 1.29 is 32.9 Å². The summed E-state index contributed by atoms with van der Waals surface area (Å²) in [5.41, 5.74) is 0.919. The molecule has 0 spiro atoms. The summed E-state index contributed by atoms with van der Waals surface area (Å²) in [4.78, 5) is 21.9. The molecule has 41 heavy (non-hydrogen) atoms. The minimum absolute atomic E-state index is 0. The average molecular weight is 604 g/mol. The Labute approximate surface area is 238 Å². The van der Waals surface area contributed by atoms with E-state index >= 15 is 4.39 Å². The van der Waals surface area contributed by atoms with Crippen LogP contribution in [0, 0.1) is 17.6 Å². The van der Waals surface area contributed by atoms with Gasteiger partial charge < -0.3 is 25.2 Å². The Hall–Kier alpha value is -4.12. The largest absolute Gasteiger partial charge is 0.870 e. The molecule has 216 valence electrons. The molecule has 1 aliphatic heterocycles. The third-order valence-electron chi connectivity index (χ3n) is 5.97. The number of aryl methyl sites for hydroxylation is 1. The van der Waals surface area contributed by atoms with Gasteiger partial charge in [0, 0.05) is 47.1 Å². The molecule has 4 N–H and O–H groups in total. The average Bonchev–Trinajstić information content (AvgIpc) is 3.38. The summed E-state index contributed by atoms with van der Waals surface area (Å²) < 4.78 is 52.6. The Morgan fingerprint density at radius 2 is 1.88 bits per heavy atom. The molecule has 0 amide bonds. The van der Waals surface area contributed by atoms with Crippen LogP contribution in [0.4, 0.5) is 27.5 Å². The topological polar surface area (TPSA) is 183 Å². The molecule has 3 heterocycles. The lowest BCUT2D eigenvalue weighted by Crippen LogP contribution is -2.55. The van der Waals surface area contributed by atoms with Gasteiger partial charge in [0.1, 0.15) is 5.82 Å². The third kappa shape index (κ3) is 6.45. The minimum atomic E-state index is -4.07. The van der Waals surface area contributed by atoms with Crippen molar-refractivity contribution in [2.24, 2.45) is 0 Å². The molecule has 13 nitrogen and oxygen atoms in total. The molecular weight excluding hydrogens is 577 g/mol. The van der Waals surface area contributed by atoms with Crippen molar-refractivity contribution >= 4 is 44.7 Å². The fraction of sp³-hybridized carbons (Fsp3) is 0.240. The predicted octanol–water partition coefficient (Wildman–Crippen LogP) is 2.52. The molecule has 1 saturated heterocycles. The first kappa shape index (κ1) is 29.9. The third-order valence-corrected chi connectivity index (χ3v) is 8.64. The highest BCUT2D eigenvalue weighted by Gasteiger charge is 2.25. The van der Waals surface area contributed by atoms with Crippen LogP contribution >= 0.6 is 11.8 Å². The monoisotopic (exact) mass is 603 g/mol. The van der Waals surface area contributed by atoms with Gasteiger partial charge in [-0.25, -0.2) is 22.8 Å². The van der Waals surface area contributed by atoms with Crippen LogP contribution in [0.25, 0.3) is 0 Å². The first-order valence-corrected chi connectivity index (χ1v) is 14.4. The van der Waals surface area contributed by atoms with Crippen LogP contribution in [0.1, 0.15) is 5.69 Å². The van der Waals surface area contributed by atoms with Gasteiger partial charge in [-0.2, -0.15) is 5.10 Å². The second kappa shape index (κ2) is 12.6. The van der Waals surface area contributed by atoms with Crippen molar-refractivity contribution in [1.82, 2.24) is 20.2 Å². The van der Waals surface area contributed by atoms with Gasteiger partial charge in [-0.05, 0) is 43.0 Å². The second-order valence-corrected chi connectivity index (χ2v) is 11.7. The Bertz CT molecular complexity index is 1660. The van der Waals surface area contributed by atoms with E-state index < -0.39 is 15.7 Å². The van der Waals surface area contributed by atoms with Crippen molar-refractivity contribution in [1.29, 1.82) is 0 Å². The van der Waals surface area contributed by atoms with Crippen LogP contribution in [0.5, 0.6) is 5.75 Å². The number of nitrogens with one attached hydrogen (secondary N) is 3. The molecule has 2 aromatic heterocycles. The maximum absolute atomic E-state index is 15.3. The van der Waals surface area contributed by atoms with E-state index in [1.807, 2.05) is 11.8 Å². The molecule has 0 atom stereocenters. The lowest BCUT2D eigenvalue weighted by atomic mass is 10.3. The molecule has 0 bridgehead atoms. The summed E-state index contributed by atoms with van der Waals surface area (Å²) in [6.45, 7) is 4.02. The molecular formula is C25H26FN7O6S2. The Morgan fingerprint density at radius 1 is 1.12 bits per heavy atom. The minimum Gasteiger partial charge on any atom is -0.870 e. The Morgan fingerprint density at radius 3 is 2.54 bits per heavy atom. The summed E-state index contributed by atoms with van der Waals surface area (Å²) in [5, 5.41) is 12.0. The molecule has 1 aliphatic rings. The second-order valence-electron chi connectivity index (χ2n) is 8.70. The number of hydrogen-bond acceptors (Lipinski definition) is 12. The molecule has 0 saturated carbocycles. The van der Waals surface area contributed by atoms with Gasteiger partial charge >= 0.3 is 0 Å². The lowest BCUT2D eigenvalue weighted by Gasteiger charge is -2.29. The normalized spacial score (nSPS) is 13.4. The molecule has 5 rings (SSSR count). The highest BCUT2D eigenvalue weighted by atomic mass is 32.2. The fourth-order valence-electron chi connectivity index (χ4n) is 4.02. The van der Waals surface area contributed by atoms with Crippen molar-refractivity contribution in [3.63, 3.8) is 0 Å². The van der Waals surface area contributed by atoms with Crippen LogP contribution in [0.2, 0.25) is 0 Å². The van der Waals surface area contributed by atoms with E-state index in [0.717, 1.165) is 23.5 Å². The number of nitroso groups, excluding NO2 is 1. The van der Waals surface area contributed by atoms with E-state index in [4.69, 9.17) is 9.47 Å². The number of morpholine rings is 1. The van der Waals surface area contributed by atoms with Crippen molar-refractivity contribution in [3.05, 3.63) is 64.9 Å². The molecule has 0 radical (unpaired) electrons. The zero-order chi connectivity index (χ0) is 28.3. The zero-order valence-corrected chi connectivity index (χ0v) is 23.6. The number of aromatic nitrogens is 4. The number of sulfone groups is 1. The lowest BCUT2D eigenvalue weighted by molar-refractivity contribution is -0.379. The number of methoxy groups -OCH3 is 1. The number of rotatable bonds is 9. The number of anilines is 3. The van der Waals surface area contributed by atoms with Crippen LogP contribution in [-0.4, -0.2) is 67.5 Å². The van der Waals surface area contributed by atoms with Crippen molar-refractivity contribution in [2.45, 2.75) is 26.8 Å². The van der Waals surface area contributed by atoms with Gasteiger partial charge in [0.15, 0.2) is 22.6 Å². The van der Waals surface area contributed by atoms with E-state index in [1.165, 1.54) is 43.5 Å². The maximum atomic E-state index is 15.3. The summed E-state index contributed by atoms with van der Waals surface area (Å²) >= 11 is 0.938. The van der Waals surface area contributed by atoms with Crippen LogP contribution in [0.3, 0.4) is 0 Å². The van der Waals surface area contributed by atoms with Gasteiger partial charge in [0.05, 0.1) is 35.0 Å². The standard InChI is InChI=1S/C25H24FN7O5S2.H2O/c1-15-12-21(31-30-15)27-23-22(37-2)24(33-8-10-38-11-9-33)29-25(28-23)39-20-7-6-18(14-19(20)26)40(35,36)17-5-3-4-16(13-17)32-34;/h3-7,12-14H,8-11H2,1-2H3,(H2,27,28,29,30,31);1H2. The SMILES string of the molecule is COc1c(Nc2cc(C)[nH]n2)nc(Sc2ccc(S(=O)(=O)c3cccc([NH+]=O)c3)cc2F)nc1N1CCOCC1.[OH-]. The van der Waals surface area contributed by atoms with E-state index in [9.17, 15) is 13.3 Å². The van der Waals surface area contributed by atoms with Gasteiger partial charge in [-0.15, -0.1) is 0 Å².